The lowest BCUT2D eigenvalue weighted by atomic mass is 10.3. The molecule has 2 aromatic rings. The van der Waals surface area contributed by atoms with E-state index in [1.54, 1.807) is 12.1 Å². The summed E-state index contributed by atoms with van der Waals surface area (Å²) in [6, 6.07) is 8.89. The first-order valence-corrected chi connectivity index (χ1v) is 7.41. The fourth-order valence-electron chi connectivity index (χ4n) is 1.62. The quantitative estimate of drug-likeness (QED) is 0.620. The molecular formula is C12H13N3O5S. The molecular weight excluding hydrogens is 298 g/mol. The Morgan fingerprint density at radius 3 is 2.38 bits per heavy atom. The van der Waals surface area contributed by atoms with Crippen LogP contribution < -0.4 is 10.0 Å². The highest BCUT2D eigenvalue weighted by molar-refractivity contribution is 7.89. The molecule has 0 aliphatic rings. The molecule has 0 spiro atoms. The van der Waals surface area contributed by atoms with Crippen LogP contribution in [0.1, 0.15) is 5.76 Å². The van der Waals surface area contributed by atoms with Crippen molar-refractivity contribution in [2.24, 2.45) is 0 Å². The van der Waals surface area contributed by atoms with Crippen LogP contribution in [0.3, 0.4) is 0 Å². The summed E-state index contributed by atoms with van der Waals surface area (Å²) in [7, 11) is -2.12. The molecule has 9 heteroatoms. The molecule has 1 heterocycles. The third kappa shape index (κ3) is 3.58. The van der Waals surface area contributed by atoms with Crippen LogP contribution in [0.2, 0.25) is 0 Å². The van der Waals surface area contributed by atoms with Crippen molar-refractivity contribution >= 4 is 21.6 Å². The molecule has 0 unspecified atom stereocenters. The second-order valence-corrected chi connectivity index (χ2v) is 5.97. The lowest BCUT2D eigenvalue weighted by molar-refractivity contribution is -0.402. The van der Waals surface area contributed by atoms with E-state index in [2.05, 4.69) is 10.0 Å². The average Bonchev–Trinajstić information content (AvgIpc) is 2.95. The highest BCUT2D eigenvalue weighted by Gasteiger charge is 2.12. The Morgan fingerprint density at radius 1 is 1.19 bits per heavy atom. The van der Waals surface area contributed by atoms with Gasteiger partial charge in [-0.1, -0.05) is 0 Å². The molecule has 0 bridgehead atoms. The number of nitro groups is 1. The smallest absolute Gasteiger partial charge is 0.404 e. The molecule has 0 fully saturated rings. The third-order valence-electron chi connectivity index (χ3n) is 2.73. The van der Waals surface area contributed by atoms with E-state index >= 15 is 0 Å². The Bertz CT molecular complexity index is 737. The van der Waals surface area contributed by atoms with Gasteiger partial charge in [0, 0.05) is 5.69 Å². The second kappa shape index (κ2) is 5.94. The van der Waals surface area contributed by atoms with Crippen LogP contribution in [-0.2, 0) is 16.6 Å². The van der Waals surface area contributed by atoms with Gasteiger partial charge in [-0.15, -0.1) is 0 Å². The van der Waals surface area contributed by atoms with Crippen molar-refractivity contribution in [2.45, 2.75) is 11.4 Å². The van der Waals surface area contributed by atoms with Gasteiger partial charge in [0.2, 0.25) is 10.0 Å². The molecule has 0 aliphatic heterocycles. The molecule has 0 aliphatic carbocycles. The lowest BCUT2D eigenvalue weighted by Crippen LogP contribution is -2.18. The predicted octanol–water partition coefficient (Wildman–Crippen LogP) is 1.71. The number of rotatable bonds is 6. The van der Waals surface area contributed by atoms with Crippen molar-refractivity contribution in [1.29, 1.82) is 0 Å². The highest BCUT2D eigenvalue weighted by Crippen LogP contribution is 2.18. The van der Waals surface area contributed by atoms with Gasteiger partial charge in [-0.3, -0.25) is 10.1 Å². The van der Waals surface area contributed by atoms with E-state index in [1.165, 1.54) is 31.3 Å². The summed E-state index contributed by atoms with van der Waals surface area (Å²) in [6.07, 6.45) is 0. The first-order valence-electron chi connectivity index (χ1n) is 5.93. The lowest BCUT2D eigenvalue weighted by Gasteiger charge is -2.06. The minimum absolute atomic E-state index is 0.157. The largest absolute Gasteiger partial charge is 0.433 e. The Balaban J connectivity index is 2.02. The highest BCUT2D eigenvalue weighted by atomic mass is 32.2. The number of nitrogens with zero attached hydrogens (tertiary/aromatic N) is 1. The summed E-state index contributed by atoms with van der Waals surface area (Å²) in [6.45, 7) is 0.256. The van der Waals surface area contributed by atoms with Gasteiger partial charge < -0.3 is 9.73 Å². The number of hydrogen-bond donors (Lipinski definition) is 2. The first-order chi connectivity index (χ1) is 9.92. The number of sulfonamides is 1. The molecule has 1 aromatic carbocycles. The van der Waals surface area contributed by atoms with E-state index in [-0.39, 0.29) is 17.3 Å². The molecule has 112 valence electrons. The van der Waals surface area contributed by atoms with Gasteiger partial charge in [0.25, 0.3) is 0 Å². The Morgan fingerprint density at radius 2 is 1.86 bits per heavy atom. The van der Waals surface area contributed by atoms with Crippen molar-refractivity contribution in [3.63, 3.8) is 0 Å². The maximum atomic E-state index is 11.5. The number of nitrogens with one attached hydrogen (secondary N) is 2. The second-order valence-electron chi connectivity index (χ2n) is 4.08. The first kappa shape index (κ1) is 15.0. The van der Waals surface area contributed by atoms with E-state index in [1.807, 2.05) is 0 Å². The monoisotopic (exact) mass is 311 g/mol. The van der Waals surface area contributed by atoms with Crippen LogP contribution in [0, 0.1) is 10.1 Å². The minimum atomic E-state index is -3.46. The van der Waals surface area contributed by atoms with Gasteiger partial charge >= 0.3 is 5.88 Å². The molecule has 0 amide bonds. The van der Waals surface area contributed by atoms with Crippen LogP contribution in [0.15, 0.2) is 45.7 Å². The van der Waals surface area contributed by atoms with Crippen LogP contribution in [0.4, 0.5) is 11.6 Å². The van der Waals surface area contributed by atoms with Crippen molar-refractivity contribution in [3.05, 3.63) is 52.3 Å². The number of hydrogen-bond acceptors (Lipinski definition) is 6. The van der Waals surface area contributed by atoms with Gasteiger partial charge in [-0.05, 0) is 37.4 Å². The van der Waals surface area contributed by atoms with Crippen LogP contribution >= 0.6 is 0 Å². The SMILES string of the molecule is CNS(=O)(=O)c1ccc(NCc2ccc([N+](=O)[O-])o2)cc1. The van der Waals surface area contributed by atoms with E-state index in [0.717, 1.165) is 0 Å². The van der Waals surface area contributed by atoms with Crippen LogP contribution in [0.5, 0.6) is 0 Å². The van der Waals surface area contributed by atoms with E-state index in [4.69, 9.17) is 4.42 Å². The fourth-order valence-corrected chi connectivity index (χ4v) is 2.35. The molecule has 8 nitrogen and oxygen atoms in total. The summed E-state index contributed by atoms with van der Waals surface area (Å²) >= 11 is 0. The molecule has 0 atom stereocenters. The van der Waals surface area contributed by atoms with Gasteiger partial charge in [0.05, 0.1) is 17.5 Å². The predicted molar refractivity (Wildman–Crippen MR) is 75.4 cm³/mol. The zero-order chi connectivity index (χ0) is 15.5. The molecule has 21 heavy (non-hydrogen) atoms. The summed E-state index contributed by atoms with van der Waals surface area (Å²) in [5.41, 5.74) is 0.670. The fraction of sp³-hybridized carbons (Fsp3) is 0.167. The van der Waals surface area contributed by atoms with E-state index < -0.39 is 14.9 Å². The molecule has 0 radical (unpaired) electrons. The molecule has 0 saturated heterocycles. The Kier molecular flexibility index (Phi) is 4.24. The topological polar surface area (TPSA) is 114 Å². The summed E-state index contributed by atoms with van der Waals surface area (Å²) < 4.78 is 30.3. The zero-order valence-corrected chi connectivity index (χ0v) is 11.9. The third-order valence-corrected chi connectivity index (χ3v) is 4.16. The van der Waals surface area contributed by atoms with Gasteiger partial charge in [-0.2, -0.15) is 0 Å². The van der Waals surface area contributed by atoms with Crippen molar-refractivity contribution < 1.29 is 17.8 Å². The van der Waals surface area contributed by atoms with E-state index in [9.17, 15) is 18.5 Å². The van der Waals surface area contributed by atoms with Gasteiger partial charge in [0.15, 0.2) is 0 Å². The zero-order valence-electron chi connectivity index (χ0n) is 11.1. The van der Waals surface area contributed by atoms with Gasteiger partial charge in [-0.25, -0.2) is 13.1 Å². The Labute approximate surface area is 121 Å². The summed E-state index contributed by atoms with van der Waals surface area (Å²) in [5.74, 6) is 0.0934. The molecule has 2 rings (SSSR count). The minimum Gasteiger partial charge on any atom is -0.404 e. The van der Waals surface area contributed by atoms with Crippen LogP contribution in [-0.4, -0.2) is 20.4 Å². The van der Waals surface area contributed by atoms with Crippen LogP contribution in [0.25, 0.3) is 0 Å². The van der Waals surface area contributed by atoms with Crippen molar-refractivity contribution in [3.8, 4) is 0 Å². The number of anilines is 1. The van der Waals surface area contributed by atoms with Gasteiger partial charge in [0.1, 0.15) is 10.7 Å². The molecule has 0 saturated carbocycles. The summed E-state index contributed by atoms with van der Waals surface area (Å²) in [4.78, 5) is 10.0. The number of furan rings is 1. The summed E-state index contributed by atoms with van der Waals surface area (Å²) in [5, 5.41) is 13.5. The van der Waals surface area contributed by atoms with Crippen molar-refractivity contribution in [2.75, 3.05) is 12.4 Å². The number of benzene rings is 1. The maximum absolute atomic E-state index is 11.5. The normalized spacial score (nSPS) is 11.3. The average molecular weight is 311 g/mol. The molecule has 2 N–H and O–H groups in total. The molecule has 1 aromatic heterocycles. The van der Waals surface area contributed by atoms with E-state index in [0.29, 0.717) is 11.4 Å². The standard InChI is InChI=1S/C12H13N3O5S/c1-13-21(18,19)11-5-2-9(3-6-11)14-8-10-4-7-12(20-10)15(16)17/h2-7,13-14H,8H2,1H3. The Hall–Kier alpha value is -2.39. The van der Waals surface area contributed by atoms with Crippen molar-refractivity contribution in [1.82, 2.24) is 4.72 Å². The maximum Gasteiger partial charge on any atom is 0.433 e.